The molecule has 1 heterocycles. The summed E-state index contributed by atoms with van der Waals surface area (Å²) in [5, 5.41) is 4.85. The average Bonchev–Trinajstić information content (AvgIpc) is 2.66. The van der Waals surface area contributed by atoms with Gasteiger partial charge in [-0.15, -0.1) is 0 Å². The molecule has 0 bridgehead atoms. The zero-order chi connectivity index (χ0) is 21.4. The smallest absolute Gasteiger partial charge is 0.416 e. The average molecular weight is 429 g/mol. The number of anilines is 2. The number of halogens is 3. The number of amides is 1. The summed E-state index contributed by atoms with van der Waals surface area (Å²) in [5.41, 5.74) is -0.938. The summed E-state index contributed by atoms with van der Waals surface area (Å²) < 4.78 is 69.9. The van der Waals surface area contributed by atoms with Gasteiger partial charge < -0.3 is 15.4 Å². The minimum atomic E-state index is -4.68. The van der Waals surface area contributed by atoms with Crippen LogP contribution in [0.15, 0.2) is 47.4 Å². The lowest BCUT2D eigenvalue weighted by Crippen LogP contribution is -2.51. The number of fused-ring (bicyclic) bond motifs is 1. The normalized spacial score (nSPS) is 17.6. The molecule has 0 unspecified atom stereocenters. The number of carbonyl (C=O) groups excluding carboxylic acids is 2. The first kappa shape index (κ1) is 20.6. The first-order chi connectivity index (χ1) is 13.5. The van der Waals surface area contributed by atoms with Crippen molar-refractivity contribution in [1.82, 2.24) is 4.72 Å². The minimum Gasteiger partial charge on any atom is -0.465 e. The van der Waals surface area contributed by atoms with E-state index in [-0.39, 0.29) is 16.9 Å². The zero-order valence-electron chi connectivity index (χ0n) is 14.7. The summed E-state index contributed by atoms with van der Waals surface area (Å²) in [5.74, 6) is -1.44. The lowest BCUT2D eigenvalue weighted by atomic mass is 10.2. The molecule has 1 aliphatic heterocycles. The molecule has 0 saturated heterocycles. The van der Waals surface area contributed by atoms with Gasteiger partial charge in [-0.1, -0.05) is 0 Å². The number of alkyl halides is 3. The fraction of sp³-hybridized carbons (Fsp3) is 0.176. The molecule has 0 saturated carbocycles. The predicted molar refractivity (Wildman–Crippen MR) is 95.6 cm³/mol. The summed E-state index contributed by atoms with van der Waals surface area (Å²) >= 11 is 0. The molecular weight excluding hydrogens is 415 g/mol. The Bertz CT molecular complexity index is 1070. The molecular formula is C17H14F3N3O5S. The number of esters is 1. The van der Waals surface area contributed by atoms with Crippen molar-refractivity contribution in [2.75, 3.05) is 17.7 Å². The van der Waals surface area contributed by atoms with Gasteiger partial charge >= 0.3 is 12.1 Å². The standard InChI is InChI=1S/C17H14F3N3O5S/c1-28-16(25)9-2-5-11(6-3-9)21-15(24)14-22-12-8-10(17(18,19)20)4-7-13(12)29(26,27)23-14/h2-8,14,22-23H,1H3,(H,21,24)/t14-/m1/s1. The highest BCUT2D eigenvalue weighted by Crippen LogP contribution is 2.35. The van der Waals surface area contributed by atoms with E-state index >= 15 is 0 Å². The van der Waals surface area contributed by atoms with E-state index in [0.29, 0.717) is 12.1 Å². The summed E-state index contributed by atoms with van der Waals surface area (Å²) in [6, 6.07) is 7.61. The third-order valence-corrected chi connectivity index (χ3v) is 5.49. The quantitative estimate of drug-likeness (QED) is 0.645. The third kappa shape index (κ3) is 4.32. The Morgan fingerprint density at radius 2 is 1.76 bits per heavy atom. The van der Waals surface area contributed by atoms with Crippen LogP contribution in [-0.2, 0) is 25.7 Å². The van der Waals surface area contributed by atoms with Crippen LogP contribution in [0.25, 0.3) is 0 Å². The van der Waals surface area contributed by atoms with E-state index in [0.717, 1.165) is 6.07 Å². The molecule has 8 nitrogen and oxygen atoms in total. The maximum absolute atomic E-state index is 12.9. The van der Waals surface area contributed by atoms with Gasteiger partial charge in [0.05, 0.1) is 23.9 Å². The highest BCUT2D eigenvalue weighted by atomic mass is 32.2. The molecule has 0 aromatic heterocycles. The second-order valence-corrected chi connectivity index (χ2v) is 7.65. The van der Waals surface area contributed by atoms with Crippen LogP contribution < -0.4 is 15.4 Å². The molecule has 0 aliphatic carbocycles. The second kappa shape index (κ2) is 7.37. The first-order valence-electron chi connectivity index (χ1n) is 8.00. The second-order valence-electron chi connectivity index (χ2n) is 5.97. The maximum atomic E-state index is 12.9. The topological polar surface area (TPSA) is 114 Å². The van der Waals surface area contributed by atoms with Crippen LogP contribution in [0.3, 0.4) is 0 Å². The molecule has 3 rings (SSSR count). The monoisotopic (exact) mass is 429 g/mol. The van der Waals surface area contributed by atoms with Crippen molar-refractivity contribution in [2.24, 2.45) is 0 Å². The Kier molecular flexibility index (Phi) is 5.24. The molecule has 2 aromatic rings. The number of methoxy groups -OCH3 is 1. The lowest BCUT2D eigenvalue weighted by molar-refractivity contribution is -0.137. The van der Waals surface area contributed by atoms with Gasteiger partial charge in [0.1, 0.15) is 4.90 Å². The van der Waals surface area contributed by atoms with Gasteiger partial charge in [0, 0.05) is 5.69 Å². The van der Waals surface area contributed by atoms with Crippen LogP contribution in [0.2, 0.25) is 0 Å². The number of sulfonamides is 1. The van der Waals surface area contributed by atoms with Gasteiger partial charge in [-0.25, -0.2) is 13.2 Å². The summed E-state index contributed by atoms with van der Waals surface area (Å²) in [7, 11) is -3.00. The zero-order valence-corrected chi connectivity index (χ0v) is 15.5. The number of hydrogen-bond acceptors (Lipinski definition) is 6. The van der Waals surface area contributed by atoms with Gasteiger partial charge in [0.15, 0.2) is 6.17 Å². The molecule has 154 valence electrons. The number of carbonyl (C=O) groups is 2. The molecule has 3 N–H and O–H groups in total. The third-order valence-electron chi connectivity index (χ3n) is 4.00. The first-order valence-corrected chi connectivity index (χ1v) is 9.49. The van der Waals surface area contributed by atoms with Crippen LogP contribution in [0.5, 0.6) is 0 Å². The van der Waals surface area contributed by atoms with Crippen molar-refractivity contribution in [2.45, 2.75) is 17.2 Å². The fourth-order valence-corrected chi connectivity index (χ4v) is 3.86. The minimum absolute atomic E-state index is 0.232. The Morgan fingerprint density at radius 1 is 1.10 bits per heavy atom. The number of ether oxygens (including phenoxy) is 1. The molecule has 1 aliphatic rings. The SMILES string of the molecule is COC(=O)c1ccc(NC(=O)[C@@H]2Nc3cc(C(F)(F)F)ccc3S(=O)(=O)N2)cc1. The Labute approximate surface area is 163 Å². The Hall–Kier alpha value is -3.12. The number of rotatable bonds is 3. The predicted octanol–water partition coefficient (Wildman–Crippen LogP) is 2.16. The Balaban J connectivity index is 1.82. The van der Waals surface area contributed by atoms with E-state index in [1.54, 1.807) is 0 Å². The fourth-order valence-electron chi connectivity index (χ4n) is 2.60. The van der Waals surface area contributed by atoms with Gasteiger partial charge in [-0.2, -0.15) is 17.9 Å². The van der Waals surface area contributed by atoms with Crippen molar-refractivity contribution < 1.29 is 35.9 Å². The van der Waals surface area contributed by atoms with Crippen molar-refractivity contribution in [1.29, 1.82) is 0 Å². The number of benzene rings is 2. The summed E-state index contributed by atoms with van der Waals surface area (Å²) in [6.07, 6.45) is -6.22. The molecule has 0 fully saturated rings. The lowest BCUT2D eigenvalue weighted by Gasteiger charge is -2.27. The van der Waals surface area contributed by atoms with Crippen LogP contribution >= 0.6 is 0 Å². The number of hydrogen-bond donors (Lipinski definition) is 3. The number of nitrogens with one attached hydrogen (secondary N) is 3. The summed E-state index contributed by atoms with van der Waals surface area (Å²) in [6.45, 7) is 0. The molecule has 2 aromatic carbocycles. The molecule has 0 spiro atoms. The van der Waals surface area contributed by atoms with Gasteiger partial charge in [0.25, 0.3) is 5.91 Å². The van der Waals surface area contributed by atoms with Crippen LogP contribution in [0, 0.1) is 0 Å². The molecule has 12 heteroatoms. The van der Waals surface area contributed by atoms with Crippen molar-refractivity contribution in [3.63, 3.8) is 0 Å². The van der Waals surface area contributed by atoms with E-state index in [2.05, 4.69) is 20.1 Å². The van der Waals surface area contributed by atoms with E-state index in [1.807, 2.05) is 0 Å². The molecule has 1 amide bonds. The highest BCUT2D eigenvalue weighted by molar-refractivity contribution is 7.89. The van der Waals surface area contributed by atoms with Crippen molar-refractivity contribution >= 4 is 33.3 Å². The van der Waals surface area contributed by atoms with Gasteiger partial charge in [0.2, 0.25) is 10.0 Å². The van der Waals surface area contributed by atoms with Crippen LogP contribution in [-0.4, -0.2) is 33.6 Å². The largest absolute Gasteiger partial charge is 0.465 e. The Morgan fingerprint density at radius 3 is 2.34 bits per heavy atom. The van der Waals surface area contributed by atoms with E-state index in [9.17, 15) is 31.2 Å². The highest BCUT2D eigenvalue weighted by Gasteiger charge is 2.37. The molecule has 0 radical (unpaired) electrons. The molecule has 29 heavy (non-hydrogen) atoms. The van der Waals surface area contributed by atoms with Crippen LogP contribution in [0.4, 0.5) is 24.5 Å². The molecule has 1 atom stereocenters. The summed E-state index contributed by atoms with van der Waals surface area (Å²) in [4.78, 5) is 23.4. The van der Waals surface area contributed by atoms with Gasteiger partial charge in [-0.05, 0) is 42.5 Å². The van der Waals surface area contributed by atoms with Crippen molar-refractivity contribution in [3.05, 3.63) is 53.6 Å². The van der Waals surface area contributed by atoms with E-state index in [1.165, 1.54) is 31.4 Å². The van der Waals surface area contributed by atoms with Gasteiger partial charge in [-0.3, -0.25) is 4.79 Å². The van der Waals surface area contributed by atoms with Crippen molar-refractivity contribution in [3.8, 4) is 0 Å². The maximum Gasteiger partial charge on any atom is 0.416 e. The van der Waals surface area contributed by atoms with E-state index < -0.39 is 44.7 Å². The van der Waals surface area contributed by atoms with Crippen LogP contribution in [0.1, 0.15) is 15.9 Å². The van der Waals surface area contributed by atoms with E-state index in [4.69, 9.17) is 0 Å².